The molecule has 0 aliphatic heterocycles. The Hall–Kier alpha value is -1.44. The van der Waals surface area contributed by atoms with E-state index in [1.807, 2.05) is 4.72 Å². The van der Waals surface area contributed by atoms with E-state index >= 15 is 0 Å². The van der Waals surface area contributed by atoms with Gasteiger partial charge in [0.05, 0.1) is 5.56 Å². The Balaban J connectivity index is 3.41. The van der Waals surface area contributed by atoms with Crippen LogP contribution < -0.4 is 4.72 Å². The molecule has 0 heterocycles. The highest BCUT2D eigenvalue weighted by atomic mass is 35.5. The normalized spacial score (nSPS) is 11.2. The summed E-state index contributed by atoms with van der Waals surface area (Å²) in [4.78, 5) is 9.93. The van der Waals surface area contributed by atoms with Crippen LogP contribution in [0.1, 0.15) is 10.4 Å². The molecule has 0 atom stereocenters. The van der Waals surface area contributed by atoms with Crippen LogP contribution in [-0.4, -0.2) is 26.0 Å². The third-order valence-corrected chi connectivity index (χ3v) is 3.58. The van der Waals surface area contributed by atoms with Gasteiger partial charge in [-0.25, -0.2) is 22.3 Å². The topological polar surface area (TPSA) is 83.5 Å². The van der Waals surface area contributed by atoms with Crippen molar-refractivity contribution in [1.82, 2.24) is 4.72 Å². The van der Waals surface area contributed by atoms with Crippen LogP contribution >= 0.6 is 11.6 Å². The van der Waals surface area contributed by atoms with Crippen molar-refractivity contribution in [1.29, 1.82) is 0 Å². The van der Waals surface area contributed by atoms with E-state index in [-0.39, 0.29) is 11.6 Å². The maximum Gasteiger partial charge on any atom is 0.338 e. The fraction of sp³-hybridized carbons (Fsp3) is 0.100. The Bertz CT molecular complexity index is 600. The van der Waals surface area contributed by atoms with Crippen molar-refractivity contribution in [2.45, 2.75) is 4.90 Å². The van der Waals surface area contributed by atoms with E-state index in [9.17, 15) is 17.6 Å². The Morgan fingerprint density at radius 2 is 2.17 bits per heavy atom. The average Bonchev–Trinajstić information content (AvgIpc) is 2.28. The van der Waals surface area contributed by atoms with Crippen LogP contribution in [0.15, 0.2) is 29.7 Å². The number of hydrogen-bond acceptors (Lipinski definition) is 3. The summed E-state index contributed by atoms with van der Waals surface area (Å²) in [6, 6.07) is 1.68. The predicted octanol–water partition coefficient (Wildman–Crippen LogP) is 1.64. The van der Waals surface area contributed by atoms with Gasteiger partial charge in [-0.05, 0) is 12.1 Å². The molecule has 98 valence electrons. The van der Waals surface area contributed by atoms with Crippen LogP contribution in [0.3, 0.4) is 0 Å². The first-order chi connectivity index (χ1) is 8.29. The minimum Gasteiger partial charge on any atom is -0.478 e. The van der Waals surface area contributed by atoms with E-state index in [1.54, 1.807) is 0 Å². The van der Waals surface area contributed by atoms with Crippen LogP contribution in [0.4, 0.5) is 4.39 Å². The number of aromatic carboxylic acids is 1. The Labute approximate surface area is 108 Å². The number of rotatable bonds is 5. The molecule has 1 aromatic carbocycles. The van der Waals surface area contributed by atoms with Crippen molar-refractivity contribution in [3.63, 3.8) is 0 Å². The molecule has 0 radical (unpaired) electrons. The maximum absolute atomic E-state index is 13.7. The average molecular weight is 294 g/mol. The Morgan fingerprint density at radius 1 is 1.56 bits per heavy atom. The van der Waals surface area contributed by atoms with Gasteiger partial charge in [-0.2, -0.15) is 0 Å². The second-order valence-electron chi connectivity index (χ2n) is 3.21. The fourth-order valence-electron chi connectivity index (χ4n) is 1.16. The van der Waals surface area contributed by atoms with Gasteiger partial charge in [-0.3, -0.25) is 0 Å². The highest BCUT2D eigenvalue weighted by molar-refractivity contribution is 7.89. The lowest BCUT2D eigenvalue weighted by Crippen LogP contribution is -2.25. The molecular weight excluding hydrogens is 285 g/mol. The van der Waals surface area contributed by atoms with E-state index in [4.69, 9.17) is 16.7 Å². The van der Waals surface area contributed by atoms with Gasteiger partial charge >= 0.3 is 5.97 Å². The van der Waals surface area contributed by atoms with Crippen LogP contribution in [0.2, 0.25) is 5.02 Å². The first kappa shape index (κ1) is 14.6. The number of sulfonamides is 1. The fourth-order valence-corrected chi connectivity index (χ4v) is 2.57. The molecule has 8 heteroatoms. The summed E-state index contributed by atoms with van der Waals surface area (Å²) in [5.74, 6) is -2.96. The molecular formula is C10H9ClFNO4S. The number of nitrogens with one attached hydrogen (secondary N) is 1. The molecule has 0 bridgehead atoms. The number of carboxylic acids is 1. The van der Waals surface area contributed by atoms with E-state index in [0.29, 0.717) is 0 Å². The van der Waals surface area contributed by atoms with Gasteiger partial charge in [-0.1, -0.05) is 17.7 Å². The number of halogens is 2. The summed E-state index contributed by atoms with van der Waals surface area (Å²) in [6.45, 7) is 3.19. The minimum atomic E-state index is -4.18. The van der Waals surface area contributed by atoms with Crippen molar-refractivity contribution in [2.24, 2.45) is 0 Å². The Kier molecular flexibility index (Phi) is 4.44. The summed E-state index contributed by atoms with van der Waals surface area (Å²) in [5.41, 5.74) is -0.804. The van der Waals surface area contributed by atoms with E-state index in [1.165, 1.54) is 6.08 Å². The highest BCUT2D eigenvalue weighted by Crippen LogP contribution is 2.23. The summed E-state index contributed by atoms with van der Waals surface area (Å²) < 4.78 is 39.1. The first-order valence-electron chi connectivity index (χ1n) is 4.62. The number of carboxylic acid groups (broad SMARTS) is 1. The van der Waals surface area contributed by atoms with Gasteiger partial charge in [-0.15, -0.1) is 6.58 Å². The predicted molar refractivity (Wildman–Crippen MR) is 63.8 cm³/mol. The molecule has 0 aliphatic rings. The van der Waals surface area contributed by atoms with Crippen molar-refractivity contribution in [3.05, 3.63) is 41.2 Å². The van der Waals surface area contributed by atoms with Crippen molar-refractivity contribution in [3.8, 4) is 0 Å². The molecule has 0 saturated heterocycles. The van der Waals surface area contributed by atoms with Gasteiger partial charge in [0.15, 0.2) is 5.82 Å². The van der Waals surface area contributed by atoms with E-state index in [2.05, 4.69) is 6.58 Å². The first-order valence-corrected chi connectivity index (χ1v) is 6.48. The molecule has 0 saturated carbocycles. The highest BCUT2D eigenvalue weighted by Gasteiger charge is 2.24. The molecule has 18 heavy (non-hydrogen) atoms. The number of carbonyl (C=O) groups is 1. The SMILES string of the molecule is C=CCNS(=O)(=O)c1cc(Cl)cc(C(=O)O)c1F. The monoisotopic (exact) mass is 293 g/mol. The molecule has 1 aromatic rings. The van der Waals surface area contributed by atoms with Crippen molar-refractivity contribution >= 4 is 27.6 Å². The van der Waals surface area contributed by atoms with Crippen LogP contribution in [-0.2, 0) is 10.0 Å². The van der Waals surface area contributed by atoms with Crippen molar-refractivity contribution < 1.29 is 22.7 Å². The Morgan fingerprint density at radius 3 is 2.67 bits per heavy atom. The summed E-state index contributed by atoms with van der Waals surface area (Å²) in [7, 11) is -4.18. The van der Waals surface area contributed by atoms with E-state index in [0.717, 1.165) is 12.1 Å². The van der Waals surface area contributed by atoms with Crippen molar-refractivity contribution in [2.75, 3.05) is 6.54 Å². The third kappa shape index (κ3) is 3.06. The molecule has 5 nitrogen and oxygen atoms in total. The van der Waals surface area contributed by atoms with Gasteiger partial charge in [0.25, 0.3) is 0 Å². The molecule has 0 spiro atoms. The zero-order valence-electron chi connectivity index (χ0n) is 8.98. The molecule has 0 amide bonds. The lowest BCUT2D eigenvalue weighted by Gasteiger charge is -2.08. The molecule has 0 fully saturated rings. The molecule has 2 N–H and O–H groups in total. The van der Waals surface area contributed by atoms with Gasteiger partial charge in [0.1, 0.15) is 4.90 Å². The molecule has 1 rings (SSSR count). The second-order valence-corrected chi connectivity index (χ2v) is 5.38. The standard InChI is InChI=1S/C10H9ClFNO4S/c1-2-3-13-18(16,17)8-5-6(11)4-7(9(8)12)10(14)15/h2,4-5,13H,1,3H2,(H,14,15). The second kappa shape index (κ2) is 5.47. The zero-order chi connectivity index (χ0) is 13.9. The smallest absolute Gasteiger partial charge is 0.338 e. The lowest BCUT2D eigenvalue weighted by molar-refractivity contribution is 0.0691. The number of benzene rings is 1. The van der Waals surface area contributed by atoms with Crippen LogP contribution in [0, 0.1) is 5.82 Å². The zero-order valence-corrected chi connectivity index (χ0v) is 10.6. The minimum absolute atomic E-state index is 0.114. The summed E-state index contributed by atoms with van der Waals surface area (Å²) >= 11 is 5.56. The lowest BCUT2D eigenvalue weighted by atomic mass is 10.2. The quantitative estimate of drug-likeness (QED) is 0.809. The van der Waals surface area contributed by atoms with Gasteiger partial charge in [0, 0.05) is 11.6 Å². The summed E-state index contributed by atoms with van der Waals surface area (Å²) in [5, 5.41) is 8.54. The summed E-state index contributed by atoms with van der Waals surface area (Å²) in [6.07, 6.45) is 1.26. The molecule has 0 aliphatic carbocycles. The molecule has 0 aromatic heterocycles. The van der Waals surface area contributed by atoms with Gasteiger partial charge in [0.2, 0.25) is 10.0 Å². The van der Waals surface area contributed by atoms with Crippen LogP contribution in [0.5, 0.6) is 0 Å². The maximum atomic E-state index is 13.7. The largest absolute Gasteiger partial charge is 0.478 e. The molecule has 0 unspecified atom stereocenters. The number of hydrogen-bond donors (Lipinski definition) is 2. The third-order valence-electron chi connectivity index (χ3n) is 1.94. The van der Waals surface area contributed by atoms with E-state index < -0.39 is 32.3 Å². The van der Waals surface area contributed by atoms with Crippen LogP contribution in [0.25, 0.3) is 0 Å². The van der Waals surface area contributed by atoms with Gasteiger partial charge < -0.3 is 5.11 Å².